The Morgan fingerprint density at radius 2 is 2.06 bits per heavy atom. The summed E-state index contributed by atoms with van der Waals surface area (Å²) in [6.45, 7) is 3.64. The van der Waals surface area contributed by atoms with Gasteiger partial charge in [0.25, 0.3) is 0 Å². The van der Waals surface area contributed by atoms with Crippen LogP contribution < -0.4 is 10.1 Å². The molecule has 0 spiro atoms. The summed E-state index contributed by atoms with van der Waals surface area (Å²) in [4.78, 5) is 9.00. The van der Waals surface area contributed by atoms with Gasteiger partial charge in [0.05, 0.1) is 23.3 Å². The van der Waals surface area contributed by atoms with Crippen LogP contribution >= 0.6 is 0 Å². The van der Waals surface area contributed by atoms with Crippen LogP contribution in [-0.4, -0.2) is 37.4 Å². The molecule has 34 heavy (non-hydrogen) atoms. The molecule has 4 heterocycles. The average Bonchev–Trinajstić information content (AvgIpc) is 3.20. The van der Waals surface area contributed by atoms with Crippen LogP contribution in [0.5, 0.6) is 11.6 Å². The van der Waals surface area contributed by atoms with Gasteiger partial charge < -0.3 is 14.6 Å². The maximum Gasteiger partial charge on any atom is 0.232 e. The van der Waals surface area contributed by atoms with E-state index in [2.05, 4.69) is 25.0 Å². The number of hydrogen-bond acceptors (Lipinski definition) is 6. The van der Waals surface area contributed by atoms with Crippen molar-refractivity contribution in [3.8, 4) is 28.8 Å². The summed E-state index contributed by atoms with van der Waals surface area (Å²) >= 11 is 0. The van der Waals surface area contributed by atoms with Gasteiger partial charge in [-0.05, 0) is 61.9 Å². The van der Waals surface area contributed by atoms with Crippen molar-refractivity contribution in [2.75, 3.05) is 13.1 Å². The lowest BCUT2D eigenvalue weighted by Crippen LogP contribution is -2.14. The first-order valence-electron chi connectivity index (χ1n) is 11.6. The van der Waals surface area contributed by atoms with Crippen LogP contribution in [0.1, 0.15) is 24.8 Å². The summed E-state index contributed by atoms with van der Waals surface area (Å²) in [5.41, 5.74) is 2.17. The Kier molecular flexibility index (Phi) is 5.23. The van der Waals surface area contributed by atoms with E-state index < -0.39 is 5.82 Å². The van der Waals surface area contributed by atoms with Crippen LogP contribution in [0.2, 0.25) is 0 Å². The van der Waals surface area contributed by atoms with E-state index in [0.717, 1.165) is 43.8 Å². The van der Waals surface area contributed by atoms with E-state index in [9.17, 15) is 4.39 Å². The number of fused-ring (bicyclic) bond motifs is 1. The van der Waals surface area contributed by atoms with Gasteiger partial charge in [0.1, 0.15) is 23.9 Å². The molecule has 0 bridgehead atoms. The molecule has 8 nitrogen and oxygen atoms in total. The Morgan fingerprint density at radius 3 is 2.82 bits per heavy atom. The van der Waals surface area contributed by atoms with Crippen molar-refractivity contribution in [2.24, 2.45) is 11.8 Å². The molecular weight excluding hydrogens is 433 g/mol. The molecule has 1 saturated carbocycles. The van der Waals surface area contributed by atoms with Gasteiger partial charge in [-0.1, -0.05) is 6.07 Å². The van der Waals surface area contributed by atoms with Gasteiger partial charge in [-0.15, -0.1) is 0 Å². The Labute approximate surface area is 196 Å². The third kappa shape index (κ3) is 4.01. The zero-order valence-corrected chi connectivity index (χ0v) is 18.6. The minimum absolute atomic E-state index is 0.0142. The van der Waals surface area contributed by atoms with Crippen LogP contribution in [0.3, 0.4) is 0 Å². The van der Waals surface area contributed by atoms with Crippen LogP contribution in [0.25, 0.3) is 22.2 Å². The molecule has 1 unspecified atom stereocenters. The number of halogens is 1. The summed E-state index contributed by atoms with van der Waals surface area (Å²) in [7, 11) is 0. The number of nitrogens with zero attached hydrogens (tertiary/aromatic N) is 6. The van der Waals surface area contributed by atoms with E-state index in [-0.39, 0.29) is 5.56 Å². The molecule has 1 aliphatic carbocycles. The molecule has 2 fully saturated rings. The number of ether oxygens (including phenoxy) is 1. The lowest BCUT2D eigenvalue weighted by Gasteiger charge is -2.10. The van der Waals surface area contributed by atoms with Crippen molar-refractivity contribution in [3.05, 3.63) is 54.5 Å². The van der Waals surface area contributed by atoms with Gasteiger partial charge in [-0.2, -0.15) is 10.4 Å². The number of benzene rings is 1. The third-order valence-electron chi connectivity index (χ3n) is 6.60. The fraction of sp³-hybridized carbons (Fsp3) is 0.360. The molecule has 1 aromatic carbocycles. The Morgan fingerprint density at radius 1 is 1.15 bits per heavy atom. The summed E-state index contributed by atoms with van der Waals surface area (Å²) < 4.78 is 24.7. The second-order valence-corrected chi connectivity index (χ2v) is 9.18. The summed E-state index contributed by atoms with van der Waals surface area (Å²) in [5, 5.41) is 17.7. The molecule has 1 saturated heterocycles. The van der Waals surface area contributed by atoms with Crippen molar-refractivity contribution < 1.29 is 9.13 Å². The Bertz CT molecular complexity index is 1390. The highest BCUT2D eigenvalue weighted by Gasteiger charge is 2.24. The average molecular weight is 458 g/mol. The first-order chi connectivity index (χ1) is 16.7. The SMILES string of the molecule is N#Cc1ccc(-c2cn(CC3CCNC3)c3ncnc(Oc4cnn(CC5CC5)c4)c23)cc1F. The van der Waals surface area contributed by atoms with E-state index in [1.807, 2.05) is 23.1 Å². The highest BCUT2D eigenvalue weighted by atomic mass is 19.1. The molecule has 9 heteroatoms. The largest absolute Gasteiger partial charge is 0.435 e. The fourth-order valence-electron chi connectivity index (χ4n) is 4.63. The molecule has 0 amide bonds. The number of hydrogen-bond donors (Lipinski definition) is 1. The van der Waals surface area contributed by atoms with Crippen molar-refractivity contribution >= 4 is 11.0 Å². The lowest BCUT2D eigenvalue weighted by atomic mass is 10.0. The zero-order chi connectivity index (χ0) is 23.1. The van der Waals surface area contributed by atoms with Gasteiger partial charge in [-0.25, -0.2) is 14.4 Å². The van der Waals surface area contributed by atoms with Gasteiger partial charge in [-0.3, -0.25) is 4.68 Å². The van der Waals surface area contributed by atoms with E-state index >= 15 is 0 Å². The van der Waals surface area contributed by atoms with Crippen LogP contribution in [0.4, 0.5) is 4.39 Å². The molecule has 1 atom stereocenters. The highest BCUT2D eigenvalue weighted by molar-refractivity contribution is 5.97. The molecule has 2 aliphatic rings. The van der Waals surface area contributed by atoms with E-state index in [1.165, 1.54) is 31.3 Å². The summed E-state index contributed by atoms with van der Waals surface area (Å²) in [6, 6.07) is 6.52. The third-order valence-corrected chi connectivity index (χ3v) is 6.60. The predicted octanol–water partition coefficient (Wildman–Crippen LogP) is 4.12. The van der Waals surface area contributed by atoms with Crippen LogP contribution in [0.15, 0.2) is 43.1 Å². The summed E-state index contributed by atoms with van der Waals surface area (Å²) in [6.07, 6.45) is 10.6. The van der Waals surface area contributed by atoms with Gasteiger partial charge >= 0.3 is 0 Å². The standard InChI is InChI=1S/C25H24FN7O/c26-22-7-18(3-4-19(22)8-27)21-14-32(11-17-5-6-28-9-17)24-23(21)25(30-15-29-24)34-20-10-31-33(13-20)12-16-1-2-16/h3-4,7,10,13-17,28H,1-2,5-6,9,11-12H2. The van der Waals surface area contributed by atoms with Crippen molar-refractivity contribution in [3.63, 3.8) is 0 Å². The number of rotatable bonds is 7. The number of nitriles is 1. The summed E-state index contributed by atoms with van der Waals surface area (Å²) in [5.74, 6) is 1.64. The first kappa shape index (κ1) is 20.8. The van der Waals surface area contributed by atoms with Crippen molar-refractivity contribution in [1.29, 1.82) is 5.26 Å². The molecule has 3 aromatic heterocycles. The van der Waals surface area contributed by atoms with E-state index in [4.69, 9.17) is 10.00 Å². The predicted molar refractivity (Wildman–Crippen MR) is 124 cm³/mol. The molecular formula is C25H24FN7O. The normalized spacial score (nSPS) is 17.8. The maximum atomic E-state index is 14.5. The minimum atomic E-state index is -0.554. The minimum Gasteiger partial charge on any atom is -0.435 e. The smallest absolute Gasteiger partial charge is 0.232 e. The molecule has 0 radical (unpaired) electrons. The topological polar surface area (TPSA) is 93.6 Å². The van der Waals surface area contributed by atoms with Crippen LogP contribution in [-0.2, 0) is 13.1 Å². The number of aromatic nitrogens is 5. The second kappa shape index (κ2) is 8.54. The van der Waals surface area contributed by atoms with Gasteiger partial charge in [0, 0.05) is 24.8 Å². The Hall–Kier alpha value is -3.77. The molecule has 4 aromatic rings. The van der Waals surface area contributed by atoms with Gasteiger partial charge in [0.2, 0.25) is 5.88 Å². The number of nitrogens with one attached hydrogen (secondary N) is 1. The molecule has 1 aliphatic heterocycles. The molecule has 6 rings (SSSR count). The monoisotopic (exact) mass is 457 g/mol. The highest BCUT2D eigenvalue weighted by Crippen LogP contribution is 2.38. The molecule has 172 valence electrons. The maximum absolute atomic E-state index is 14.5. The van der Waals surface area contributed by atoms with E-state index in [1.54, 1.807) is 12.3 Å². The quantitative estimate of drug-likeness (QED) is 0.449. The fourth-order valence-corrected chi connectivity index (χ4v) is 4.63. The van der Waals surface area contributed by atoms with Crippen molar-refractivity contribution in [1.82, 2.24) is 29.6 Å². The van der Waals surface area contributed by atoms with Crippen LogP contribution in [0, 0.1) is 29.0 Å². The lowest BCUT2D eigenvalue weighted by molar-refractivity contribution is 0.464. The second-order valence-electron chi connectivity index (χ2n) is 9.18. The Balaban J connectivity index is 1.43. The van der Waals surface area contributed by atoms with Gasteiger partial charge in [0.15, 0.2) is 5.75 Å². The first-order valence-corrected chi connectivity index (χ1v) is 11.6. The van der Waals surface area contributed by atoms with Crippen molar-refractivity contribution in [2.45, 2.75) is 32.4 Å². The zero-order valence-electron chi connectivity index (χ0n) is 18.6. The van der Waals surface area contributed by atoms with E-state index in [0.29, 0.717) is 34.4 Å². The molecule has 1 N–H and O–H groups in total.